The predicted octanol–water partition coefficient (Wildman–Crippen LogP) is 2.29. The molecule has 27 heavy (non-hydrogen) atoms. The molecule has 1 aromatic carbocycles. The third-order valence-corrected chi connectivity index (χ3v) is 4.21. The highest BCUT2D eigenvalue weighted by Gasteiger charge is 2.20. The van der Waals surface area contributed by atoms with Crippen molar-refractivity contribution in [2.45, 2.75) is 13.5 Å². The van der Waals surface area contributed by atoms with Gasteiger partial charge in [-0.2, -0.15) is 5.10 Å². The summed E-state index contributed by atoms with van der Waals surface area (Å²) in [5.41, 5.74) is 2.72. The maximum absolute atomic E-state index is 12.0. The van der Waals surface area contributed by atoms with E-state index >= 15 is 0 Å². The van der Waals surface area contributed by atoms with Crippen molar-refractivity contribution in [2.75, 3.05) is 19.0 Å². The maximum Gasteiger partial charge on any atom is 0.327 e. The van der Waals surface area contributed by atoms with Crippen LogP contribution in [0.2, 0.25) is 0 Å². The third-order valence-electron chi connectivity index (χ3n) is 4.21. The molecule has 0 amide bonds. The smallest absolute Gasteiger partial charge is 0.327 e. The highest BCUT2D eigenvalue weighted by atomic mass is 16.5. The van der Waals surface area contributed by atoms with Crippen LogP contribution in [0, 0.1) is 0 Å². The summed E-state index contributed by atoms with van der Waals surface area (Å²) in [4.78, 5) is 23.8. The molecular formula is C18H18N6O3. The van der Waals surface area contributed by atoms with Crippen LogP contribution in [0.25, 0.3) is 33.3 Å². The Hall–Kier alpha value is -3.62. The van der Waals surface area contributed by atoms with Crippen LogP contribution in [0.4, 0.5) is 5.82 Å². The second kappa shape index (κ2) is 6.60. The van der Waals surface area contributed by atoms with Gasteiger partial charge in [0.2, 0.25) is 0 Å². The Balaban J connectivity index is 1.91. The number of aromatic nitrogens is 5. The van der Waals surface area contributed by atoms with Gasteiger partial charge in [-0.1, -0.05) is 0 Å². The summed E-state index contributed by atoms with van der Waals surface area (Å²) in [5, 5.41) is 18.9. The second-order valence-corrected chi connectivity index (χ2v) is 5.94. The van der Waals surface area contributed by atoms with Gasteiger partial charge in [0, 0.05) is 18.0 Å². The molecule has 0 saturated heterocycles. The van der Waals surface area contributed by atoms with Crippen LogP contribution in [0.1, 0.15) is 6.92 Å². The zero-order valence-corrected chi connectivity index (χ0v) is 14.9. The fourth-order valence-electron chi connectivity index (χ4n) is 3.07. The van der Waals surface area contributed by atoms with Crippen molar-refractivity contribution in [2.24, 2.45) is 0 Å². The number of hydrogen-bond donors (Lipinski definition) is 3. The highest BCUT2D eigenvalue weighted by molar-refractivity contribution is 6.00. The van der Waals surface area contributed by atoms with E-state index in [1.807, 2.05) is 6.07 Å². The average molecular weight is 366 g/mol. The normalized spacial score (nSPS) is 11.2. The maximum atomic E-state index is 12.0. The number of phenolic OH excluding ortho intramolecular Hbond substituents is 1. The lowest BCUT2D eigenvalue weighted by molar-refractivity contribution is -0.143. The lowest BCUT2D eigenvalue weighted by atomic mass is 10.2. The number of benzene rings is 1. The van der Waals surface area contributed by atoms with Crippen molar-refractivity contribution in [1.82, 2.24) is 24.7 Å². The van der Waals surface area contributed by atoms with Crippen LogP contribution in [-0.2, 0) is 16.1 Å². The van der Waals surface area contributed by atoms with E-state index in [4.69, 9.17) is 4.74 Å². The molecule has 138 valence electrons. The Labute approximate surface area is 154 Å². The predicted molar refractivity (Wildman–Crippen MR) is 100 cm³/mol. The zero-order chi connectivity index (χ0) is 19.0. The first-order chi connectivity index (χ1) is 13.1. The van der Waals surface area contributed by atoms with Crippen molar-refractivity contribution < 1.29 is 14.6 Å². The molecule has 0 radical (unpaired) electrons. The summed E-state index contributed by atoms with van der Waals surface area (Å²) in [6, 6.07) is 6.96. The van der Waals surface area contributed by atoms with Crippen molar-refractivity contribution in [3.8, 4) is 17.1 Å². The zero-order valence-electron chi connectivity index (χ0n) is 14.9. The molecule has 0 spiro atoms. The average Bonchev–Trinajstić information content (AvgIpc) is 3.23. The standard InChI is InChI=1S/C18H18N6O3/c1-3-27-14(26)8-24-18-15(17(19-2)20-9-21-18)16(23-24)13-7-10-6-11(25)4-5-12(10)22-13/h4-7,9,22,25H,3,8H2,1-2H3,(H,19,20,21). The Kier molecular flexibility index (Phi) is 4.11. The highest BCUT2D eigenvalue weighted by Crippen LogP contribution is 2.33. The molecule has 3 aromatic heterocycles. The van der Waals surface area contributed by atoms with Crippen LogP contribution in [0.5, 0.6) is 5.75 Å². The number of nitrogens with zero attached hydrogens (tertiary/aromatic N) is 4. The lowest BCUT2D eigenvalue weighted by Crippen LogP contribution is -2.14. The number of H-pyrrole nitrogens is 1. The van der Waals surface area contributed by atoms with E-state index in [-0.39, 0.29) is 18.3 Å². The van der Waals surface area contributed by atoms with Gasteiger partial charge in [-0.25, -0.2) is 14.6 Å². The van der Waals surface area contributed by atoms with E-state index in [1.165, 1.54) is 11.0 Å². The van der Waals surface area contributed by atoms with Gasteiger partial charge in [0.25, 0.3) is 0 Å². The summed E-state index contributed by atoms with van der Waals surface area (Å²) >= 11 is 0. The molecule has 0 atom stereocenters. The summed E-state index contributed by atoms with van der Waals surface area (Å²) in [6.45, 7) is 2.00. The van der Waals surface area contributed by atoms with E-state index in [2.05, 4.69) is 25.4 Å². The van der Waals surface area contributed by atoms with E-state index in [0.717, 1.165) is 16.6 Å². The fraction of sp³-hybridized carbons (Fsp3) is 0.222. The Bertz CT molecular complexity index is 1150. The number of hydrogen-bond acceptors (Lipinski definition) is 7. The van der Waals surface area contributed by atoms with Gasteiger partial charge in [-0.15, -0.1) is 0 Å². The number of carbonyl (C=O) groups is 1. The Morgan fingerprint density at radius 1 is 1.33 bits per heavy atom. The van der Waals surface area contributed by atoms with Crippen LogP contribution < -0.4 is 5.32 Å². The van der Waals surface area contributed by atoms with Crippen LogP contribution in [-0.4, -0.2) is 49.5 Å². The molecule has 3 heterocycles. The van der Waals surface area contributed by atoms with Crippen molar-refractivity contribution in [3.05, 3.63) is 30.6 Å². The summed E-state index contributed by atoms with van der Waals surface area (Å²) < 4.78 is 6.54. The van der Waals surface area contributed by atoms with Crippen LogP contribution >= 0.6 is 0 Å². The summed E-state index contributed by atoms with van der Waals surface area (Å²) in [7, 11) is 1.76. The first kappa shape index (κ1) is 16.8. The number of carbonyl (C=O) groups excluding carboxylic acids is 1. The summed E-state index contributed by atoms with van der Waals surface area (Å²) in [5.74, 6) is 0.399. The quantitative estimate of drug-likeness (QED) is 0.464. The summed E-state index contributed by atoms with van der Waals surface area (Å²) in [6.07, 6.45) is 1.42. The SMILES string of the molecule is CCOC(=O)Cn1nc(-c2cc3cc(O)ccc3[nH]2)c2c(NC)ncnc21. The van der Waals surface area contributed by atoms with Crippen LogP contribution in [0.15, 0.2) is 30.6 Å². The van der Waals surface area contributed by atoms with Gasteiger partial charge in [-0.3, -0.25) is 4.79 Å². The molecule has 9 heteroatoms. The number of anilines is 1. The molecule has 0 fully saturated rings. The van der Waals surface area contributed by atoms with E-state index in [1.54, 1.807) is 32.2 Å². The van der Waals surface area contributed by atoms with E-state index in [0.29, 0.717) is 29.2 Å². The van der Waals surface area contributed by atoms with Gasteiger partial charge in [0.1, 0.15) is 30.1 Å². The Morgan fingerprint density at radius 3 is 2.96 bits per heavy atom. The van der Waals surface area contributed by atoms with Crippen molar-refractivity contribution in [1.29, 1.82) is 0 Å². The van der Waals surface area contributed by atoms with Gasteiger partial charge >= 0.3 is 5.97 Å². The molecule has 4 aromatic rings. The van der Waals surface area contributed by atoms with Gasteiger partial charge in [-0.05, 0) is 31.2 Å². The number of ether oxygens (including phenoxy) is 1. The molecule has 3 N–H and O–H groups in total. The molecule has 0 bridgehead atoms. The third kappa shape index (κ3) is 2.92. The minimum atomic E-state index is -0.389. The Morgan fingerprint density at radius 2 is 2.19 bits per heavy atom. The molecule has 0 aliphatic rings. The van der Waals surface area contributed by atoms with E-state index < -0.39 is 0 Å². The number of aromatic hydroxyl groups is 1. The van der Waals surface area contributed by atoms with Gasteiger partial charge in [0.05, 0.1) is 17.7 Å². The number of esters is 1. The number of phenols is 1. The van der Waals surface area contributed by atoms with Crippen LogP contribution in [0.3, 0.4) is 0 Å². The first-order valence-electron chi connectivity index (χ1n) is 8.47. The molecule has 0 aliphatic heterocycles. The minimum Gasteiger partial charge on any atom is -0.508 e. The number of aromatic amines is 1. The topological polar surface area (TPSA) is 118 Å². The second-order valence-electron chi connectivity index (χ2n) is 5.94. The number of nitrogens with one attached hydrogen (secondary N) is 2. The van der Waals surface area contributed by atoms with Crippen molar-refractivity contribution in [3.63, 3.8) is 0 Å². The first-order valence-corrected chi connectivity index (χ1v) is 8.47. The lowest BCUT2D eigenvalue weighted by Gasteiger charge is -2.03. The molecule has 0 saturated carbocycles. The van der Waals surface area contributed by atoms with Crippen molar-refractivity contribution >= 4 is 33.7 Å². The van der Waals surface area contributed by atoms with E-state index in [9.17, 15) is 9.90 Å². The largest absolute Gasteiger partial charge is 0.508 e. The van der Waals surface area contributed by atoms with Gasteiger partial charge < -0.3 is 20.1 Å². The minimum absolute atomic E-state index is 0.0501. The molecular weight excluding hydrogens is 348 g/mol. The number of rotatable bonds is 5. The fourth-order valence-corrected chi connectivity index (χ4v) is 3.07. The van der Waals surface area contributed by atoms with Gasteiger partial charge in [0.15, 0.2) is 5.65 Å². The molecule has 0 aliphatic carbocycles. The number of fused-ring (bicyclic) bond motifs is 2. The molecule has 4 rings (SSSR count). The molecule has 0 unspecified atom stereocenters. The molecule has 9 nitrogen and oxygen atoms in total. The monoisotopic (exact) mass is 366 g/mol.